The number of hydrogen-bond acceptors (Lipinski definition) is 5. The maximum Gasteiger partial charge on any atom is 0.160 e. The minimum atomic E-state index is 0.120. The van der Waals surface area contributed by atoms with Crippen LogP contribution in [0.5, 0.6) is 0 Å². The van der Waals surface area contributed by atoms with Gasteiger partial charge in [-0.1, -0.05) is 30.3 Å². The van der Waals surface area contributed by atoms with Crippen molar-refractivity contribution in [3.63, 3.8) is 0 Å². The number of anilines is 1. The molecule has 0 bridgehead atoms. The Morgan fingerprint density at radius 1 is 1.21 bits per heavy atom. The van der Waals surface area contributed by atoms with Crippen molar-refractivity contribution in [2.75, 3.05) is 5.32 Å². The molecule has 1 aromatic carbocycles. The van der Waals surface area contributed by atoms with Crippen molar-refractivity contribution in [1.29, 1.82) is 0 Å². The molecule has 3 aromatic rings. The molecule has 0 amide bonds. The van der Waals surface area contributed by atoms with Crippen LogP contribution in [0, 0.1) is 0 Å². The molecule has 0 saturated heterocycles. The lowest BCUT2D eigenvalue weighted by Crippen LogP contribution is -2.19. The molecular formula is C18H21N5O. The van der Waals surface area contributed by atoms with E-state index in [1.807, 2.05) is 6.07 Å². The summed E-state index contributed by atoms with van der Waals surface area (Å²) in [4.78, 5) is 8.52. The van der Waals surface area contributed by atoms with E-state index in [2.05, 4.69) is 56.7 Å². The van der Waals surface area contributed by atoms with Crippen molar-refractivity contribution < 1.29 is 4.74 Å². The maximum atomic E-state index is 6.25. The molecule has 6 heteroatoms. The molecule has 0 aliphatic heterocycles. The summed E-state index contributed by atoms with van der Waals surface area (Å²) >= 11 is 0. The van der Waals surface area contributed by atoms with Crippen LogP contribution in [-0.2, 0) is 4.74 Å². The molecule has 2 N–H and O–H groups in total. The summed E-state index contributed by atoms with van der Waals surface area (Å²) in [6.45, 7) is 2.12. The Balaban J connectivity index is 1.37. The van der Waals surface area contributed by atoms with E-state index in [0.29, 0.717) is 6.04 Å². The Kier molecular flexibility index (Phi) is 4.13. The molecule has 0 radical (unpaired) electrons. The zero-order valence-electron chi connectivity index (χ0n) is 13.6. The molecule has 2 heterocycles. The maximum absolute atomic E-state index is 6.25. The van der Waals surface area contributed by atoms with Gasteiger partial charge in [-0.3, -0.25) is 5.10 Å². The lowest BCUT2D eigenvalue weighted by atomic mass is 10.1. The van der Waals surface area contributed by atoms with Gasteiger partial charge in [-0.05, 0) is 31.7 Å². The van der Waals surface area contributed by atoms with E-state index in [9.17, 15) is 0 Å². The minimum Gasteiger partial charge on any atom is -0.371 e. The standard InChI is InChI=1S/C18H21N5O/c1-12(13-5-3-2-4-6-13)24-15-8-7-14(9-15)22-17-16-10-21-23-18(16)20-11-19-17/h2-6,10-12,14-15H,7-9H2,1H3,(H2,19,20,21,22,23). The van der Waals surface area contributed by atoms with Gasteiger partial charge in [0.15, 0.2) is 5.65 Å². The number of fused-ring (bicyclic) bond motifs is 1. The summed E-state index contributed by atoms with van der Waals surface area (Å²) in [6.07, 6.45) is 6.85. The first-order valence-corrected chi connectivity index (χ1v) is 8.40. The number of H-pyrrole nitrogens is 1. The molecule has 124 valence electrons. The molecule has 3 atom stereocenters. The Morgan fingerprint density at radius 2 is 2.08 bits per heavy atom. The molecule has 1 aliphatic rings. The molecule has 3 unspecified atom stereocenters. The van der Waals surface area contributed by atoms with Crippen LogP contribution in [0.25, 0.3) is 11.0 Å². The fourth-order valence-corrected chi connectivity index (χ4v) is 3.36. The number of benzene rings is 1. The van der Waals surface area contributed by atoms with E-state index >= 15 is 0 Å². The number of rotatable bonds is 5. The van der Waals surface area contributed by atoms with Crippen molar-refractivity contribution in [3.05, 3.63) is 48.4 Å². The van der Waals surface area contributed by atoms with Crippen molar-refractivity contribution in [1.82, 2.24) is 20.2 Å². The quantitative estimate of drug-likeness (QED) is 0.752. The summed E-state index contributed by atoms with van der Waals surface area (Å²) in [7, 11) is 0. The van der Waals surface area contributed by atoms with Crippen LogP contribution in [0.3, 0.4) is 0 Å². The van der Waals surface area contributed by atoms with Gasteiger partial charge in [0.25, 0.3) is 0 Å². The highest BCUT2D eigenvalue weighted by molar-refractivity contribution is 5.85. The third-order valence-electron chi connectivity index (χ3n) is 4.64. The van der Waals surface area contributed by atoms with Gasteiger partial charge in [0, 0.05) is 6.04 Å². The van der Waals surface area contributed by atoms with Gasteiger partial charge < -0.3 is 10.1 Å². The first kappa shape index (κ1) is 15.1. The predicted molar refractivity (Wildman–Crippen MR) is 92.7 cm³/mol. The molecule has 2 aromatic heterocycles. The monoisotopic (exact) mass is 323 g/mol. The predicted octanol–water partition coefficient (Wildman–Crippen LogP) is 3.46. The summed E-state index contributed by atoms with van der Waals surface area (Å²) in [5, 5.41) is 11.4. The first-order valence-electron chi connectivity index (χ1n) is 8.40. The second kappa shape index (κ2) is 6.57. The average Bonchev–Trinajstić information content (AvgIpc) is 3.25. The van der Waals surface area contributed by atoms with Crippen LogP contribution < -0.4 is 5.32 Å². The van der Waals surface area contributed by atoms with Crippen LogP contribution in [0.15, 0.2) is 42.9 Å². The number of hydrogen-bond donors (Lipinski definition) is 2. The Morgan fingerprint density at radius 3 is 2.96 bits per heavy atom. The number of nitrogens with zero attached hydrogens (tertiary/aromatic N) is 3. The van der Waals surface area contributed by atoms with E-state index in [1.54, 1.807) is 12.5 Å². The Hall–Kier alpha value is -2.47. The number of aromatic amines is 1. The van der Waals surface area contributed by atoms with Crippen LogP contribution in [-0.4, -0.2) is 32.3 Å². The molecule has 0 spiro atoms. The topological polar surface area (TPSA) is 75.7 Å². The summed E-state index contributed by atoms with van der Waals surface area (Å²) in [6, 6.07) is 10.7. The van der Waals surface area contributed by atoms with Crippen LogP contribution >= 0.6 is 0 Å². The molecule has 1 aliphatic carbocycles. The van der Waals surface area contributed by atoms with E-state index in [1.165, 1.54) is 5.56 Å². The van der Waals surface area contributed by atoms with Gasteiger partial charge in [0.1, 0.15) is 12.1 Å². The smallest absolute Gasteiger partial charge is 0.160 e. The van der Waals surface area contributed by atoms with Gasteiger partial charge in [-0.15, -0.1) is 0 Å². The molecule has 4 rings (SSSR count). The first-order chi connectivity index (χ1) is 11.8. The van der Waals surface area contributed by atoms with Crippen molar-refractivity contribution in [3.8, 4) is 0 Å². The molecule has 24 heavy (non-hydrogen) atoms. The van der Waals surface area contributed by atoms with Crippen LogP contribution in [0.2, 0.25) is 0 Å². The van der Waals surface area contributed by atoms with E-state index in [0.717, 1.165) is 36.1 Å². The molecular weight excluding hydrogens is 302 g/mol. The lowest BCUT2D eigenvalue weighted by molar-refractivity contribution is 0.000618. The lowest BCUT2D eigenvalue weighted by Gasteiger charge is -2.19. The molecule has 1 fully saturated rings. The summed E-state index contributed by atoms with van der Waals surface area (Å²) in [5.74, 6) is 0.843. The normalized spacial score (nSPS) is 21.9. The van der Waals surface area contributed by atoms with Gasteiger partial charge in [-0.2, -0.15) is 5.10 Å². The van der Waals surface area contributed by atoms with E-state index < -0.39 is 0 Å². The third-order valence-corrected chi connectivity index (χ3v) is 4.64. The highest BCUT2D eigenvalue weighted by Crippen LogP contribution is 2.30. The number of ether oxygens (including phenoxy) is 1. The minimum absolute atomic E-state index is 0.120. The van der Waals surface area contributed by atoms with Gasteiger partial charge in [0.05, 0.1) is 23.8 Å². The van der Waals surface area contributed by atoms with E-state index in [-0.39, 0.29) is 12.2 Å². The van der Waals surface area contributed by atoms with Crippen LogP contribution in [0.4, 0.5) is 5.82 Å². The third kappa shape index (κ3) is 3.10. The SMILES string of the molecule is CC(OC1CCC(Nc2ncnc3[nH]ncc23)C1)c1ccccc1. The Bertz CT molecular complexity index is 803. The average molecular weight is 323 g/mol. The number of aromatic nitrogens is 4. The fraction of sp³-hybridized carbons (Fsp3) is 0.389. The van der Waals surface area contributed by atoms with Crippen molar-refractivity contribution in [2.24, 2.45) is 0 Å². The fourth-order valence-electron chi connectivity index (χ4n) is 3.36. The van der Waals surface area contributed by atoms with Gasteiger partial charge in [0.2, 0.25) is 0 Å². The van der Waals surface area contributed by atoms with Gasteiger partial charge >= 0.3 is 0 Å². The Labute approximate surface area is 140 Å². The highest BCUT2D eigenvalue weighted by Gasteiger charge is 2.27. The summed E-state index contributed by atoms with van der Waals surface area (Å²) in [5.41, 5.74) is 1.99. The molecule has 1 saturated carbocycles. The van der Waals surface area contributed by atoms with Crippen molar-refractivity contribution in [2.45, 2.75) is 44.4 Å². The largest absolute Gasteiger partial charge is 0.371 e. The number of nitrogens with one attached hydrogen (secondary N) is 2. The second-order valence-electron chi connectivity index (χ2n) is 6.32. The zero-order valence-corrected chi connectivity index (χ0v) is 13.6. The summed E-state index contributed by atoms with van der Waals surface area (Å²) < 4.78 is 6.25. The van der Waals surface area contributed by atoms with E-state index in [4.69, 9.17) is 4.74 Å². The second-order valence-corrected chi connectivity index (χ2v) is 6.32. The molecule has 6 nitrogen and oxygen atoms in total. The van der Waals surface area contributed by atoms with Gasteiger partial charge in [-0.25, -0.2) is 9.97 Å². The van der Waals surface area contributed by atoms with Crippen LogP contribution in [0.1, 0.15) is 37.9 Å². The van der Waals surface area contributed by atoms with Crippen molar-refractivity contribution >= 4 is 16.9 Å². The highest BCUT2D eigenvalue weighted by atomic mass is 16.5. The zero-order chi connectivity index (χ0) is 16.4.